The molecule has 1 aliphatic heterocycles. The summed E-state index contributed by atoms with van der Waals surface area (Å²) in [7, 11) is 0. The molecule has 3 heterocycles. The Kier molecular flexibility index (Phi) is 5.91. The number of aryl methyl sites for hydroxylation is 2. The first-order valence-corrected chi connectivity index (χ1v) is 11.2. The second-order valence-corrected chi connectivity index (χ2v) is 9.02. The zero-order chi connectivity index (χ0) is 20.4. The molecule has 1 fully saturated rings. The van der Waals surface area contributed by atoms with Crippen molar-refractivity contribution in [3.05, 3.63) is 51.6 Å². The zero-order valence-electron chi connectivity index (χ0n) is 16.4. The van der Waals surface area contributed by atoms with Crippen molar-refractivity contribution in [2.75, 3.05) is 23.3 Å². The van der Waals surface area contributed by atoms with Gasteiger partial charge in [0.05, 0.1) is 5.69 Å². The number of halogens is 1. The topological polar surface area (TPSA) is 71.0 Å². The van der Waals surface area contributed by atoms with Crippen LogP contribution in [-0.4, -0.2) is 33.9 Å². The molecule has 1 aromatic carbocycles. The molecule has 0 aliphatic carbocycles. The summed E-state index contributed by atoms with van der Waals surface area (Å²) >= 11 is 4.90. The first-order valence-electron chi connectivity index (χ1n) is 9.57. The monoisotopic (exact) mass is 471 g/mol. The lowest BCUT2D eigenvalue weighted by Crippen LogP contribution is -2.39. The second-order valence-electron chi connectivity index (χ2n) is 7.25. The van der Waals surface area contributed by atoms with E-state index in [2.05, 4.69) is 41.1 Å². The van der Waals surface area contributed by atoms with Crippen molar-refractivity contribution in [3.8, 4) is 11.3 Å². The summed E-state index contributed by atoms with van der Waals surface area (Å²) in [5.41, 5.74) is 3.85. The Hall–Kier alpha value is -2.32. The smallest absolute Gasteiger partial charge is 0.229 e. The summed E-state index contributed by atoms with van der Waals surface area (Å²) in [6.07, 6.45) is 1.57. The number of amides is 1. The van der Waals surface area contributed by atoms with Gasteiger partial charge in [0.25, 0.3) is 0 Å². The number of hydrogen-bond acceptors (Lipinski definition) is 6. The zero-order valence-corrected chi connectivity index (χ0v) is 18.8. The molecule has 0 unspecified atom stereocenters. The summed E-state index contributed by atoms with van der Waals surface area (Å²) in [6.45, 7) is 5.52. The average Bonchev–Trinajstić information content (AvgIpc) is 3.16. The predicted octanol–water partition coefficient (Wildman–Crippen LogP) is 4.83. The Morgan fingerprint density at radius 2 is 1.76 bits per heavy atom. The van der Waals surface area contributed by atoms with E-state index < -0.39 is 0 Å². The highest BCUT2D eigenvalue weighted by atomic mass is 79.9. The summed E-state index contributed by atoms with van der Waals surface area (Å²) < 4.78 is 1.03. The van der Waals surface area contributed by atoms with Gasteiger partial charge in [0.2, 0.25) is 11.9 Å². The van der Waals surface area contributed by atoms with Crippen LogP contribution in [0.3, 0.4) is 0 Å². The Morgan fingerprint density at radius 1 is 1.10 bits per heavy atom. The van der Waals surface area contributed by atoms with E-state index in [0.717, 1.165) is 59.0 Å². The van der Waals surface area contributed by atoms with Gasteiger partial charge in [0.15, 0.2) is 5.13 Å². The van der Waals surface area contributed by atoms with Crippen LogP contribution in [0, 0.1) is 19.8 Å². The summed E-state index contributed by atoms with van der Waals surface area (Å²) in [4.78, 5) is 28.5. The van der Waals surface area contributed by atoms with Crippen LogP contribution in [0.1, 0.15) is 24.2 Å². The number of hydrogen-bond donors (Lipinski definition) is 1. The molecular formula is C21H22BrN5OS. The lowest BCUT2D eigenvalue weighted by atomic mass is 9.96. The fourth-order valence-electron chi connectivity index (χ4n) is 3.48. The SMILES string of the molecule is Cc1cc(C)nc(N2CCC(C(=O)Nc3nc(-c4ccc(Br)cc4)cs3)CC2)n1. The highest BCUT2D eigenvalue weighted by molar-refractivity contribution is 9.10. The molecule has 6 nitrogen and oxygen atoms in total. The van der Waals surface area contributed by atoms with Crippen molar-refractivity contribution in [2.24, 2.45) is 5.92 Å². The fraction of sp³-hybridized carbons (Fsp3) is 0.333. The fourth-order valence-corrected chi connectivity index (χ4v) is 4.47. The van der Waals surface area contributed by atoms with E-state index in [1.807, 2.05) is 49.6 Å². The van der Waals surface area contributed by atoms with Crippen LogP contribution in [-0.2, 0) is 4.79 Å². The maximum Gasteiger partial charge on any atom is 0.229 e. The number of nitrogens with zero attached hydrogens (tertiary/aromatic N) is 4. The van der Waals surface area contributed by atoms with E-state index in [-0.39, 0.29) is 11.8 Å². The minimum absolute atomic E-state index is 0.0165. The summed E-state index contributed by atoms with van der Waals surface area (Å²) in [5.74, 6) is 0.792. The van der Waals surface area contributed by atoms with Gasteiger partial charge in [0.1, 0.15) is 0 Å². The normalized spacial score (nSPS) is 14.8. The molecule has 3 aromatic rings. The largest absolute Gasteiger partial charge is 0.341 e. The van der Waals surface area contributed by atoms with Gasteiger partial charge in [-0.1, -0.05) is 28.1 Å². The molecule has 8 heteroatoms. The Balaban J connectivity index is 1.35. The van der Waals surface area contributed by atoms with Gasteiger partial charge >= 0.3 is 0 Å². The molecule has 0 spiro atoms. The van der Waals surface area contributed by atoms with Gasteiger partial charge in [-0.3, -0.25) is 4.79 Å². The number of piperidine rings is 1. The first kappa shape index (κ1) is 20.0. The number of carbonyl (C=O) groups excluding carboxylic acids is 1. The minimum Gasteiger partial charge on any atom is -0.341 e. The van der Waals surface area contributed by atoms with Gasteiger partial charge in [-0.05, 0) is 44.9 Å². The van der Waals surface area contributed by atoms with Gasteiger partial charge in [0, 0.05) is 45.8 Å². The molecule has 2 aromatic heterocycles. The summed E-state index contributed by atoms with van der Waals surface area (Å²) in [6, 6.07) is 9.96. The standard InChI is InChI=1S/C21H22BrN5OS/c1-13-11-14(2)24-20(23-13)27-9-7-16(8-10-27)19(28)26-21-25-18(12-29-21)15-3-5-17(22)6-4-15/h3-6,11-12,16H,7-10H2,1-2H3,(H,25,26,28). The molecular weight excluding hydrogens is 450 g/mol. The van der Waals surface area contributed by atoms with Gasteiger partial charge < -0.3 is 10.2 Å². The molecule has 29 heavy (non-hydrogen) atoms. The highest BCUT2D eigenvalue weighted by Gasteiger charge is 2.27. The number of nitrogens with one attached hydrogen (secondary N) is 1. The van der Waals surface area contributed by atoms with Crippen LogP contribution >= 0.6 is 27.3 Å². The van der Waals surface area contributed by atoms with Crippen LogP contribution in [0.2, 0.25) is 0 Å². The molecule has 1 saturated heterocycles. The molecule has 0 atom stereocenters. The molecule has 0 bridgehead atoms. The molecule has 0 radical (unpaired) electrons. The van der Waals surface area contributed by atoms with E-state index in [0.29, 0.717) is 5.13 Å². The van der Waals surface area contributed by atoms with E-state index >= 15 is 0 Å². The number of rotatable bonds is 4. The Labute approximate surface area is 182 Å². The van der Waals surface area contributed by atoms with Gasteiger partial charge in [-0.25, -0.2) is 15.0 Å². The number of thiazole rings is 1. The minimum atomic E-state index is -0.0165. The Bertz CT molecular complexity index is 992. The van der Waals surface area contributed by atoms with Crippen LogP contribution < -0.4 is 10.2 Å². The highest BCUT2D eigenvalue weighted by Crippen LogP contribution is 2.28. The van der Waals surface area contributed by atoms with Crippen molar-refractivity contribution in [2.45, 2.75) is 26.7 Å². The number of benzene rings is 1. The number of anilines is 2. The van der Waals surface area contributed by atoms with Crippen molar-refractivity contribution >= 4 is 44.3 Å². The molecule has 150 valence electrons. The molecule has 1 aliphatic rings. The van der Waals surface area contributed by atoms with E-state index in [1.54, 1.807) is 0 Å². The van der Waals surface area contributed by atoms with E-state index in [4.69, 9.17) is 0 Å². The van der Waals surface area contributed by atoms with Crippen molar-refractivity contribution < 1.29 is 4.79 Å². The van der Waals surface area contributed by atoms with Crippen LogP contribution in [0.15, 0.2) is 40.2 Å². The maximum atomic E-state index is 12.7. The lowest BCUT2D eigenvalue weighted by Gasteiger charge is -2.31. The van der Waals surface area contributed by atoms with Crippen LogP contribution in [0.25, 0.3) is 11.3 Å². The third-order valence-electron chi connectivity index (χ3n) is 4.99. The third kappa shape index (κ3) is 4.82. The predicted molar refractivity (Wildman–Crippen MR) is 120 cm³/mol. The van der Waals surface area contributed by atoms with Crippen molar-refractivity contribution in [1.29, 1.82) is 0 Å². The third-order valence-corrected chi connectivity index (χ3v) is 6.28. The van der Waals surface area contributed by atoms with Crippen molar-refractivity contribution in [1.82, 2.24) is 15.0 Å². The Morgan fingerprint density at radius 3 is 2.41 bits per heavy atom. The van der Waals surface area contributed by atoms with E-state index in [9.17, 15) is 4.79 Å². The molecule has 0 saturated carbocycles. The molecule has 4 rings (SSSR count). The lowest BCUT2D eigenvalue weighted by molar-refractivity contribution is -0.120. The van der Waals surface area contributed by atoms with Crippen molar-refractivity contribution in [3.63, 3.8) is 0 Å². The van der Waals surface area contributed by atoms with Crippen LogP contribution in [0.5, 0.6) is 0 Å². The average molecular weight is 472 g/mol. The quantitative estimate of drug-likeness (QED) is 0.589. The maximum absolute atomic E-state index is 12.7. The molecule has 1 amide bonds. The number of aromatic nitrogens is 3. The van der Waals surface area contributed by atoms with E-state index in [1.165, 1.54) is 11.3 Å². The van der Waals surface area contributed by atoms with Gasteiger partial charge in [-0.15, -0.1) is 11.3 Å². The molecule has 1 N–H and O–H groups in total. The van der Waals surface area contributed by atoms with Crippen LogP contribution in [0.4, 0.5) is 11.1 Å². The first-order chi connectivity index (χ1) is 14.0. The summed E-state index contributed by atoms with van der Waals surface area (Å²) in [5, 5.41) is 5.61. The van der Waals surface area contributed by atoms with Gasteiger partial charge in [-0.2, -0.15) is 0 Å². The number of carbonyl (C=O) groups is 1. The second kappa shape index (κ2) is 8.59.